The van der Waals surface area contributed by atoms with Crippen molar-refractivity contribution in [2.24, 2.45) is 11.8 Å². The molecule has 1 aromatic carbocycles. The van der Waals surface area contributed by atoms with E-state index in [9.17, 15) is 14.4 Å². The van der Waals surface area contributed by atoms with Gasteiger partial charge in [0.25, 0.3) is 5.91 Å². The fraction of sp³-hybridized carbons (Fsp3) is 0.654. The molecule has 34 heavy (non-hydrogen) atoms. The summed E-state index contributed by atoms with van der Waals surface area (Å²) in [5.41, 5.74) is 1.64. The molecule has 8 heteroatoms. The highest BCUT2D eigenvalue weighted by atomic mass is 16.5. The fourth-order valence-corrected chi connectivity index (χ4v) is 5.35. The second-order valence-electron chi connectivity index (χ2n) is 9.96. The number of hydrogen-bond acceptors (Lipinski definition) is 6. The van der Waals surface area contributed by atoms with Crippen molar-refractivity contribution in [2.75, 3.05) is 50.8 Å². The summed E-state index contributed by atoms with van der Waals surface area (Å²) in [6.07, 6.45) is 0.498. The molecule has 0 unspecified atom stereocenters. The number of ether oxygens (including phenoxy) is 1. The number of piperazine rings is 1. The quantitative estimate of drug-likeness (QED) is 0.654. The van der Waals surface area contributed by atoms with Crippen molar-refractivity contribution in [3.8, 4) is 0 Å². The number of likely N-dealkylation sites (N-methyl/N-ethyl adjacent to an activating group) is 1. The molecule has 8 nitrogen and oxygen atoms in total. The summed E-state index contributed by atoms with van der Waals surface area (Å²) in [6, 6.07) is 6.42. The third-order valence-electron chi connectivity index (χ3n) is 7.80. The van der Waals surface area contributed by atoms with Gasteiger partial charge in [0.2, 0.25) is 5.91 Å². The van der Waals surface area contributed by atoms with Crippen molar-refractivity contribution < 1.29 is 19.1 Å². The number of fused-ring (bicyclic) bond motifs is 1. The zero-order valence-corrected chi connectivity index (χ0v) is 20.8. The van der Waals surface area contributed by atoms with Crippen LogP contribution in [-0.2, 0) is 14.3 Å². The fourth-order valence-electron chi connectivity index (χ4n) is 5.35. The number of benzene rings is 1. The molecule has 4 rings (SSSR count). The van der Waals surface area contributed by atoms with Gasteiger partial charge in [-0.1, -0.05) is 34.1 Å². The molecule has 1 N–H and O–H groups in total. The van der Waals surface area contributed by atoms with E-state index >= 15 is 0 Å². The van der Waals surface area contributed by atoms with Crippen LogP contribution in [0.3, 0.4) is 0 Å². The van der Waals surface area contributed by atoms with E-state index in [0.717, 1.165) is 44.8 Å². The molecule has 2 amide bonds. The van der Waals surface area contributed by atoms with E-state index in [-0.39, 0.29) is 42.1 Å². The minimum Gasteiger partial charge on any atom is -0.369 e. The predicted octanol–water partition coefficient (Wildman–Crippen LogP) is 1.79. The molecule has 5 atom stereocenters. The number of rotatable bonds is 7. The molecule has 3 saturated heterocycles. The number of carbonyl (C=O) groups is 3. The van der Waals surface area contributed by atoms with Crippen LogP contribution in [-0.4, -0.2) is 91.5 Å². The third kappa shape index (κ3) is 4.84. The molecule has 0 spiro atoms. The summed E-state index contributed by atoms with van der Waals surface area (Å²) in [6.45, 7) is 13.8. The Morgan fingerprint density at radius 2 is 1.79 bits per heavy atom. The number of amides is 2. The van der Waals surface area contributed by atoms with E-state index in [2.05, 4.69) is 22.0 Å². The first-order valence-electron chi connectivity index (χ1n) is 12.7. The van der Waals surface area contributed by atoms with E-state index in [4.69, 9.17) is 4.74 Å². The first-order chi connectivity index (χ1) is 16.3. The number of anilines is 1. The maximum absolute atomic E-state index is 13.6. The summed E-state index contributed by atoms with van der Waals surface area (Å²) in [5.74, 6) is -0.463. The topological polar surface area (TPSA) is 82.2 Å². The molecule has 3 heterocycles. The third-order valence-corrected chi connectivity index (χ3v) is 7.80. The Morgan fingerprint density at radius 3 is 2.41 bits per heavy atom. The van der Waals surface area contributed by atoms with Crippen LogP contribution in [0.2, 0.25) is 0 Å². The van der Waals surface area contributed by atoms with Crippen LogP contribution in [0, 0.1) is 11.8 Å². The number of ketones is 1. The highest BCUT2D eigenvalue weighted by Gasteiger charge is 2.51. The monoisotopic (exact) mass is 470 g/mol. The lowest BCUT2D eigenvalue weighted by atomic mass is 9.96. The molecule has 0 saturated carbocycles. The van der Waals surface area contributed by atoms with Gasteiger partial charge in [0, 0.05) is 49.9 Å². The van der Waals surface area contributed by atoms with Gasteiger partial charge in [-0.2, -0.15) is 0 Å². The first kappa shape index (κ1) is 24.7. The molecule has 0 aromatic heterocycles. The number of nitrogens with zero attached hydrogens (tertiary/aromatic N) is 3. The Balaban J connectivity index is 1.44. The summed E-state index contributed by atoms with van der Waals surface area (Å²) in [7, 11) is 0. The van der Waals surface area contributed by atoms with Crippen molar-refractivity contribution >= 4 is 23.3 Å². The number of carbonyl (C=O) groups excluding carboxylic acids is 3. The minimum absolute atomic E-state index is 0.0488. The van der Waals surface area contributed by atoms with Crippen molar-refractivity contribution in [2.45, 2.75) is 52.3 Å². The van der Waals surface area contributed by atoms with Gasteiger partial charge in [0.1, 0.15) is 18.7 Å². The van der Waals surface area contributed by atoms with Gasteiger partial charge >= 0.3 is 0 Å². The number of likely N-dealkylation sites (tertiary alicyclic amines) is 1. The van der Waals surface area contributed by atoms with Gasteiger partial charge in [-0.15, -0.1) is 0 Å². The van der Waals surface area contributed by atoms with Crippen LogP contribution in [0.1, 0.15) is 44.5 Å². The molecule has 3 aliphatic heterocycles. The molecular weight excluding hydrogens is 432 g/mol. The van der Waals surface area contributed by atoms with E-state index in [1.165, 1.54) is 0 Å². The Labute approximate surface area is 202 Å². The molecular formula is C26H38N4O4. The van der Waals surface area contributed by atoms with Crippen LogP contribution in [0.15, 0.2) is 24.3 Å². The zero-order chi connectivity index (χ0) is 24.4. The van der Waals surface area contributed by atoms with E-state index in [0.29, 0.717) is 12.1 Å². The largest absolute Gasteiger partial charge is 0.369 e. The molecule has 1 aromatic rings. The summed E-state index contributed by atoms with van der Waals surface area (Å²) >= 11 is 0. The molecule has 0 radical (unpaired) electrons. The number of nitrogens with one attached hydrogen (secondary N) is 1. The lowest BCUT2D eigenvalue weighted by Gasteiger charge is -2.35. The number of Topliss-reactive ketones (excluding diaryl/α,β-unsaturated/α-hetero) is 1. The lowest BCUT2D eigenvalue weighted by molar-refractivity contribution is -0.139. The van der Waals surface area contributed by atoms with Crippen LogP contribution in [0.25, 0.3) is 0 Å². The summed E-state index contributed by atoms with van der Waals surface area (Å²) in [4.78, 5) is 45.5. The van der Waals surface area contributed by atoms with Gasteiger partial charge in [-0.3, -0.25) is 14.4 Å². The van der Waals surface area contributed by atoms with Crippen molar-refractivity contribution in [1.82, 2.24) is 15.1 Å². The smallest absolute Gasteiger partial charge is 0.251 e. The summed E-state index contributed by atoms with van der Waals surface area (Å²) in [5, 5.41) is 2.98. The predicted molar refractivity (Wildman–Crippen MR) is 131 cm³/mol. The molecule has 0 bridgehead atoms. The van der Waals surface area contributed by atoms with Gasteiger partial charge in [-0.05, 0) is 36.7 Å². The SMILES string of the molecule is CC[C@H](C)[C@H](NC(=O)c1ccc(N2CCN(CC)CC2)cc1)C(=O)N1C[C@@H](C)[C@H]2OCC(=O)[C@H]21. The highest BCUT2D eigenvalue weighted by molar-refractivity contribution is 5.99. The normalized spacial score (nSPS) is 26.9. The molecule has 3 aliphatic rings. The number of hydrogen-bond donors (Lipinski definition) is 1. The van der Waals surface area contributed by atoms with Crippen molar-refractivity contribution in [1.29, 1.82) is 0 Å². The van der Waals surface area contributed by atoms with Crippen LogP contribution >= 0.6 is 0 Å². The van der Waals surface area contributed by atoms with Crippen molar-refractivity contribution in [3.05, 3.63) is 29.8 Å². The minimum atomic E-state index is -0.682. The molecule has 3 fully saturated rings. The first-order valence-corrected chi connectivity index (χ1v) is 12.7. The lowest BCUT2D eigenvalue weighted by Crippen LogP contribution is -2.54. The maximum Gasteiger partial charge on any atom is 0.251 e. The maximum atomic E-state index is 13.6. The second kappa shape index (κ2) is 10.4. The van der Waals surface area contributed by atoms with E-state index in [1.807, 2.05) is 45.0 Å². The van der Waals surface area contributed by atoms with Gasteiger partial charge in [-0.25, -0.2) is 0 Å². The average Bonchev–Trinajstić information content (AvgIpc) is 3.41. The summed E-state index contributed by atoms with van der Waals surface area (Å²) < 4.78 is 5.63. The Bertz CT molecular complexity index is 897. The van der Waals surface area contributed by atoms with E-state index < -0.39 is 12.1 Å². The van der Waals surface area contributed by atoms with Crippen LogP contribution in [0.4, 0.5) is 5.69 Å². The van der Waals surface area contributed by atoms with Gasteiger partial charge in [0.15, 0.2) is 5.78 Å². The van der Waals surface area contributed by atoms with Crippen LogP contribution in [0.5, 0.6) is 0 Å². The van der Waals surface area contributed by atoms with Gasteiger partial charge in [0.05, 0.1) is 6.10 Å². The Morgan fingerprint density at radius 1 is 1.12 bits per heavy atom. The molecule has 0 aliphatic carbocycles. The average molecular weight is 471 g/mol. The highest BCUT2D eigenvalue weighted by Crippen LogP contribution is 2.32. The zero-order valence-electron chi connectivity index (χ0n) is 20.8. The van der Waals surface area contributed by atoms with E-state index in [1.54, 1.807) is 4.90 Å². The molecule has 186 valence electrons. The van der Waals surface area contributed by atoms with Crippen molar-refractivity contribution in [3.63, 3.8) is 0 Å². The standard InChI is InChI=1S/C26H38N4O4/c1-5-17(3)22(26(33)30-15-18(4)24-23(30)21(31)16-34-24)27-25(32)19-7-9-20(10-8-19)29-13-11-28(6-2)12-14-29/h7-10,17-18,22-24H,5-6,11-16H2,1-4H3,(H,27,32)/t17-,18+,22-,23+,24+/m0/s1. The van der Waals surface area contributed by atoms with Crippen LogP contribution < -0.4 is 10.2 Å². The second-order valence-corrected chi connectivity index (χ2v) is 9.96. The Kier molecular flexibility index (Phi) is 7.57. The van der Waals surface area contributed by atoms with Gasteiger partial charge < -0.3 is 24.8 Å². The Hall–Kier alpha value is -2.45.